The normalized spacial score (nSPS) is 26.4. The maximum Gasteiger partial charge on any atom is 0.0630 e. The van der Waals surface area contributed by atoms with Gasteiger partial charge in [0.25, 0.3) is 0 Å². The van der Waals surface area contributed by atoms with E-state index < -0.39 is 0 Å². The minimum Gasteiger partial charge on any atom is -0.392 e. The molecule has 2 unspecified atom stereocenters. The molecule has 17 heavy (non-hydrogen) atoms. The van der Waals surface area contributed by atoms with Crippen molar-refractivity contribution in [3.63, 3.8) is 0 Å². The smallest absolute Gasteiger partial charge is 0.0630 e. The number of aliphatic hydroxyl groups is 1. The Morgan fingerprint density at radius 3 is 2.41 bits per heavy atom. The fourth-order valence-corrected chi connectivity index (χ4v) is 2.40. The van der Waals surface area contributed by atoms with E-state index in [1.165, 1.54) is 12.0 Å². The molecule has 0 radical (unpaired) electrons. The second-order valence-corrected chi connectivity index (χ2v) is 5.72. The van der Waals surface area contributed by atoms with Crippen LogP contribution in [0, 0.1) is 5.41 Å². The highest BCUT2D eigenvalue weighted by molar-refractivity contribution is 5.46. The summed E-state index contributed by atoms with van der Waals surface area (Å²) >= 11 is 0. The molecular formula is C15H23NO. The Morgan fingerprint density at radius 2 is 1.94 bits per heavy atom. The quantitative estimate of drug-likeness (QED) is 0.837. The van der Waals surface area contributed by atoms with E-state index >= 15 is 0 Å². The molecule has 2 nitrogen and oxygen atoms in total. The molecule has 1 fully saturated rings. The molecule has 1 saturated carbocycles. The summed E-state index contributed by atoms with van der Waals surface area (Å²) in [4.78, 5) is 0. The van der Waals surface area contributed by atoms with Gasteiger partial charge < -0.3 is 10.4 Å². The summed E-state index contributed by atoms with van der Waals surface area (Å²) in [5, 5.41) is 13.2. The highest BCUT2D eigenvalue weighted by Crippen LogP contribution is 2.42. The monoisotopic (exact) mass is 233 g/mol. The Hall–Kier alpha value is -1.02. The van der Waals surface area contributed by atoms with Gasteiger partial charge in [-0.05, 0) is 30.5 Å². The van der Waals surface area contributed by atoms with E-state index in [0.29, 0.717) is 6.04 Å². The van der Waals surface area contributed by atoms with Crippen molar-refractivity contribution in [2.75, 3.05) is 5.32 Å². The standard InChI is InChI=1S/C15H23NO/c1-4-5-11-6-8-12(9-7-11)16-13-10-14(17)15(13,2)3/h6-9,13-14,16-17H,4-5,10H2,1-3H3. The molecule has 1 aliphatic carbocycles. The molecule has 0 aliphatic heterocycles. The average molecular weight is 233 g/mol. The lowest BCUT2D eigenvalue weighted by atomic mass is 9.64. The van der Waals surface area contributed by atoms with Crippen LogP contribution < -0.4 is 5.32 Å². The van der Waals surface area contributed by atoms with Crippen molar-refractivity contribution in [2.45, 2.75) is 52.2 Å². The zero-order valence-electron chi connectivity index (χ0n) is 11.0. The van der Waals surface area contributed by atoms with Crippen LogP contribution in [0.1, 0.15) is 39.2 Å². The molecular weight excluding hydrogens is 210 g/mol. The fourth-order valence-electron chi connectivity index (χ4n) is 2.40. The van der Waals surface area contributed by atoms with Crippen LogP contribution in [0.3, 0.4) is 0 Å². The molecule has 94 valence electrons. The van der Waals surface area contributed by atoms with Crippen LogP contribution in [0.5, 0.6) is 0 Å². The summed E-state index contributed by atoms with van der Waals surface area (Å²) in [5.74, 6) is 0. The van der Waals surface area contributed by atoms with Crippen molar-refractivity contribution in [3.05, 3.63) is 29.8 Å². The van der Waals surface area contributed by atoms with Crippen molar-refractivity contribution in [1.82, 2.24) is 0 Å². The Labute approximate surface area is 104 Å². The van der Waals surface area contributed by atoms with Crippen LogP contribution in [-0.2, 0) is 6.42 Å². The second-order valence-electron chi connectivity index (χ2n) is 5.72. The minimum absolute atomic E-state index is 0.0118. The first-order valence-corrected chi connectivity index (χ1v) is 6.57. The Balaban J connectivity index is 1.96. The highest BCUT2D eigenvalue weighted by Gasteiger charge is 2.47. The van der Waals surface area contributed by atoms with Gasteiger partial charge in [0.1, 0.15) is 0 Å². The molecule has 2 rings (SSSR count). The molecule has 2 atom stereocenters. The summed E-state index contributed by atoms with van der Waals surface area (Å²) in [6.45, 7) is 6.43. The zero-order chi connectivity index (χ0) is 12.5. The largest absolute Gasteiger partial charge is 0.392 e. The Kier molecular flexibility index (Phi) is 3.43. The van der Waals surface area contributed by atoms with Crippen molar-refractivity contribution in [3.8, 4) is 0 Å². The summed E-state index contributed by atoms with van der Waals surface area (Å²) in [5.41, 5.74) is 2.54. The molecule has 1 aliphatic rings. The number of nitrogens with one attached hydrogen (secondary N) is 1. The molecule has 1 aromatic carbocycles. The van der Waals surface area contributed by atoms with E-state index in [-0.39, 0.29) is 11.5 Å². The van der Waals surface area contributed by atoms with E-state index in [1.54, 1.807) is 0 Å². The van der Waals surface area contributed by atoms with E-state index in [9.17, 15) is 5.11 Å². The third kappa shape index (κ3) is 2.47. The van der Waals surface area contributed by atoms with Crippen LogP contribution in [-0.4, -0.2) is 17.3 Å². The zero-order valence-corrected chi connectivity index (χ0v) is 11.0. The molecule has 0 bridgehead atoms. The first-order chi connectivity index (χ1) is 8.04. The molecule has 1 aromatic rings. The molecule has 0 heterocycles. The van der Waals surface area contributed by atoms with Gasteiger partial charge in [-0.1, -0.05) is 39.3 Å². The lowest BCUT2D eigenvalue weighted by molar-refractivity contribution is -0.0510. The van der Waals surface area contributed by atoms with Gasteiger partial charge in [0.15, 0.2) is 0 Å². The number of hydrogen-bond donors (Lipinski definition) is 2. The number of benzene rings is 1. The summed E-state index contributed by atoms with van der Waals surface area (Å²) in [6.07, 6.45) is 3.02. The third-order valence-corrected chi connectivity index (χ3v) is 4.05. The predicted octanol–water partition coefficient (Wildman–Crippen LogP) is 3.21. The van der Waals surface area contributed by atoms with Crippen LogP contribution in [0.4, 0.5) is 5.69 Å². The first-order valence-electron chi connectivity index (χ1n) is 6.57. The van der Waals surface area contributed by atoms with Gasteiger partial charge in [-0.15, -0.1) is 0 Å². The van der Waals surface area contributed by atoms with Gasteiger partial charge in [0, 0.05) is 17.1 Å². The lowest BCUT2D eigenvalue weighted by Gasteiger charge is -2.49. The van der Waals surface area contributed by atoms with Gasteiger partial charge in [-0.3, -0.25) is 0 Å². The van der Waals surface area contributed by atoms with Crippen LogP contribution in [0.25, 0.3) is 0 Å². The van der Waals surface area contributed by atoms with Gasteiger partial charge in [-0.2, -0.15) is 0 Å². The van der Waals surface area contributed by atoms with Gasteiger partial charge >= 0.3 is 0 Å². The minimum atomic E-state index is -0.167. The molecule has 0 aromatic heterocycles. The van der Waals surface area contributed by atoms with Gasteiger partial charge in [0.05, 0.1) is 6.10 Å². The second kappa shape index (κ2) is 4.69. The average Bonchev–Trinajstić information content (AvgIpc) is 2.31. The fraction of sp³-hybridized carbons (Fsp3) is 0.600. The topological polar surface area (TPSA) is 32.3 Å². The molecule has 0 saturated heterocycles. The maximum absolute atomic E-state index is 9.70. The maximum atomic E-state index is 9.70. The Bertz CT molecular complexity index is 369. The third-order valence-electron chi connectivity index (χ3n) is 4.05. The van der Waals surface area contributed by atoms with Crippen LogP contribution in [0.2, 0.25) is 0 Å². The summed E-state index contributed by atoms with van der Waals surface area (Å²) in [6, 6.07) is 9.05. The van der Waals surface area contributed by atoms with Crippen molar-refractivity contribution in [1.29, 1.82) is 0 Å². The number of aryl methyl sites for hydroxylation is 1. The summed E-state index contributed by atoms with van der Waals surface area (Å²) in [7, 11) is 0. The Morgan fingerprint density at radius 1 is 1.29 bits per heavy atom. The number of aliphatic hydroxyl groups excluding tert-OH is 1. The van der Waals surface area contributed by atoms with E-state index in [1.807, 2.05) is 0 Å². The molecule has 0 spiro atoms. The van der Waals surface area contributed by atoms with Crippen LogP contribution in [0.15, 0.2) is 24.3 Å². The molecule has 0 amide bonds. The lowest BCUT2D eigenvalue weighted by Crippen LogP contribution is -2.56. The number of rotatable bonds is 4. The first kappa shape index (κ1) is 12.4. The molecule has 2 heteroatoms. The van der Waals surface area contributed by atoms with Crippen molar-refractivity contribution < 1.29 is 5.11 Å². The van der Waals surface area contributed by atoms with Gasteiger partial charge in [-0.25, -0.2) is 0 Å². The predicted molar refractivity (Wildman–Crippen MR) is 72.3 cm³/mol. The van der Waals surface area contributed by atoms with Crippen molar-refractivity contribution in [2.24, 2.45) is 5.41 Å². The van der Waals surface area contributed by atoms with E-state index in [4.69, 9.17) is 0 Å². The van der Waals surface area contributed by atoms with E-state index in [0.717, 1.165) is 18.5 Å². The number of anilines is 1. The molecule has 2 N–H and O–H groups in total. The highest BCUT2D eigenvalue weighted by atomic mass is 16.3. The summed E-state index contributed by atoms with van der Waals surface area (Å²) < 4.78 is 0. The van der Waals surface area contributed by atoms with Gasteiger partial charge in [0.2, 0.25) is 0 Å². The van der Waals surface area contributed by atoms with E-state index in [2.05, 4.69) is 50.4 Å². The van der Waals surface area contributed by atoms with Crippen molar-refractivity contribution >= 4 is 5.69 Å². The number of hydrogen-bond acceptors (Lipinski definition) is 2. The SMILES string of the molecule is CCCc1ccc(NC2CC(O)C2(C)C)cc1. The van der Waals surface area contributed by atoms with Crippen LogP contribution >= 0.6 is 0 Å².